The van der Waals surface area contributed by atoms with Crippen LogP contribution in [0.3, 0.4) is 0 Å². The number of hydrogen-bond acceptors (Lipinski definition) is 4. The number of benzene rings is 2. The van der Waals surface area contributed by atoms with Crippen LogP contribution in [0.4, 0.5) is 5.69 Å². The number of sulfonamides is 1. The molecule has 0 atom stereocenters. The molecule has 6 nitrogen and oxygen atoms in total. The van der Waals surface area contributed by atoms with E-state index in [-0.39, 0.29) is 12.0 Å². The molecule has 0 saturated heterocycles. The summed E-state index contributed by atoms with van der Waals surface area (Å²) in [6.07, 6.45) is 1.25. The van der Waals surface area contributed by atoms with Gasteiger partial charge in [-0.25, -0.2) is 8.42 Å². The van der Waals surface area contributed by atoms with Gasteiger partial charge in [0.05, 0.1) is 18.0 Å². The third-order valence-electron chi connectivity index (χ3n) is 3.74. The summed E-state index contributed by atoms with van der Waals surface area (Å²) in [7, 11) is -1.85. The predicted octanol–water partition coefficient (Wildman–Crippen LogP) is 2.80. The highest BCUT2D eigenvalue weighted by Crippen LogP contribution is 2.17. The molecule has 7 heteroatoms. The zero-order valence-corrected chi connectivity index (χ0v) is 16.2. The van der Waals surface area contributed by atoms with Crippen LogP contribution in [-0.2, 0) is 16.6 Å². The van der Waals surface area contributed by atoms with E-state index in [9.17, 15) is 13.2 Å². The molecular formula is C19H24N2O4S. The van der Waals surface area contributed by atoms with E-state index in [0.29, 0.717) is 17.8 Å². The second kappa shape index (κ2) is 8.23. The maximum atomic E-state index is 12.2. The van der Waals surface area contributed by atoms with E-state index in [1.807, 2.05) is 38.1 Å². The fourth-order valence-electron chi connectivity index (χ4n) is 2.26. The molecule has 2 aromatic rings. The highest BCUT2D eigenvalue weighted by molar-refractivity contribution is 7.92. The van der Waals surface area contributed by atoms with Crippen molar-refractivity contribution in [3.8, 4) is 5.75 Å². The van der Waals surface area contributed by atoms with Crippen molar-refractivity contribution in [2.24, 2.45) is 0 Å². The smallest absolute Gasteiger partial charge is 0.251 e. The van der Waals surface area contributed by atoms with Gasteiger partial charge in [-0.1, -0.05) is 12.1 Å². The fourth-order valence-corrected chi connectivity index (χ4v) is 2.76. The number of nitrogens with one attached hydrogen (secondary N) is 1. The number of anilines is 1. The first kappa shape index (κ1) is 19.8. The number of carbonyl (C=O) groups is 1. The zero-order chi connectivity index (χ0) is 19.3. The van der Waals surface area contributed by atoms with Gasteiger partial charge < -0.3 is 10.1 Å². The minimum absolute atomic E-state index is 0.116. The quantitative estimate of drug-likeness (QED) is 0.806. The van der Waals surface area contributed by atoms with Gasteiger partial charge in [0.15, 0.2) is 0 Å². The van der Waals surface area contributed by atoms with Crippen molar-refractivity contribution in [1.82, 2.24) is 5.32 Å². The van der Waals surface area contributed by atoms with Crippen molar-refractivity contribution >= 4 is 21.6 Å². The van der Waals surface area contributed by atoms with Crippen molar-refractivity contribution < 1.29 is 17.9 Å². The normalized spacial score (nSPS) is 11.3. The lowest BCUT2D eigenvalue weighted by Crippen LogP contribution is -2.25. The highest BCUT2D eigenvalue weighted by atomic mass is 32.2. The first-order chi connectivity index (χ1) is 12.2. The lowest BCUT2D eigenvalue weighted by atomic mass is 10.1. The molecule has 1 N–H and O–H groups in total. The van der Waals surface area contributed by atoms with Crippen molar-refractivity contribution in [1.29, 1.82) is 0 Å². The molecular weight excluding hydrogens is 352 g/mol. The molecule has 26 heavy (non-hydrogen) atoms. The van der Waals surface area contributed by atoms with Gasteiger partial charge in [-0.3, -0.25) is 9.10 Å². The Bertz CT molecular complexity index is 844. The summed E-state index contributed by atoms with van der Waals surface area (Å²) in [6, 6.07) is 14.0. The second-order valence-electron chi connectivity index (χ2n) is 6.27. The maximum absolute atomic E-state index is 12.2. The Kier molecular flexibility index (Phi) is 6.26. The number of amides is 1. The molecule has 0 aromatic heterocycles. The number of ether oxygens (including phenoxy) is 1. The molecule has 0 unspecified atom stereocenters. The Balaban J connectivity index is 1.95. The zero-order valence-electron chi connectivity index (χ0n) is 15.4. The van der Waals surface area contributed by atoms with Crippen molar-refractivity contribution in [2.45, 2.75) is 26.5 Å². The van der Waals surface area contributed by atoms with E-state index in [1.165, 1.54) is 7.05 Å². The van der Waals surface area contributed by atoms with Crippen LogP contribution in [0, 0.1) is 0 Å². The second-order valence-corrected chi connectivity index (χ2v) is 8.28. The molecule has 0 spiro atoms. The standard InChI is InChI=1S/C19H24N2O4S/c1-14(2)25-18-11-5-15(6-12-18)13-20-19(22)16-7-9-17(10-8-16)21(3)26(4,23)24/h5-12,14H,13H2,1-4H3,(H,20,22). The lowest BCUT2D eigenvalue weighted by molar-refractivity contribution is 0.0951. The molecule has 1 amide bonds. The predicted molar refractivity (Wildman–Crippen MR) is 103 cm³/mol. The third-order valence-corrected chi connectivity index (χ3v) is 4.94. The minimum Gasteiger partial charge on any atom is -0.491 e. The van der Waals surface area contributed by atoms with Crippen molar-refractivity contribution in [3.63, 3.8) is 0 Å². The van der Waals surface area contributed by atoms with Crippen LogP contribution < -0.4 is 14.4 Å². The van der Waals surface area contributed by atoms with E-state index in [2.05, 4.69) is 5.32 Å². The summed E-state index contributed by atoms with van der Waals surface area (Å²) in [5.41, 5.74) is 1.93. The summed E-state index contributed by atoms with van der Waals surface area (Å²) < 4.78 is 29.8. The van der Waals surface area contributed by atoms with Crippen LogP contribution in [0.15, 0.2) is 48.5 Å². The number of rotatable bonds is 7. The van der Waals surface area contributed by atoms with E-state index in [0.717, 1.165) is 21.9 Å². The third kappa shape index (κ3) is 5.49. The molecule has 0 aliphatic carbocycles. The molecule has 0 saturated carbocycles. The molecule has 0 bridgehead atoms. The first-order valence-corrected chi connectivity index (χ1v) is 10.1. The molecule has 0 fully saturated rings. The van der Waals surface area contributed by atoms with Gasteiger partial charge in [-0.15, -0.1) is 0 Å². The topological polar surface area (TPSA) is 75.7 Å². The highest BCUT2D eigenvalue weighted by Gasteiger charge is 2.12. The van der Waals surface area contributed by atoms with E-state index < -0.39 is 10.0 Å². The largest absolute Gasteiger partial charge is 0.491 e. The monoisotopic (exact) mass is 376 g/mol. The summed E-state index contributed by atoms with van der Waals surface area (Å²) in [6.45, 7) is 4.33. The molecule has 0 aliphatic rings. The van der Waals surface area contributed by atoms with Crippen LogP contribution >= 0.6 is 0 Å². The molecule has 140 valence electrons. The van der Waals surface area contributed by atoms with Crippen LogP contribution in [0.2, 0.25) is 0 Å². The van der Waals surface area contributed by atoms with Crippen LogP contribution in [0.25, 0.3) is 0 Å². The van der Waals surface area contributed by atoms with E-state index in [4.69, 9.17) is 4.74 Å². The lowest BCUT2D eigenvalue weighted by Gasteiger charge is -2.16. The minimum atomic E-state index is -3.32. The van der Waals surface area contributed by atoms with Crippen LogP contribution in [0.5, 0.6) is 5.75 Å². The van der Waals surface area contributed by atoms with Gasteiger partial charge in [-0.2, -0.15) is 0 Å². The van der Waals surface area contributed by atoms with Crippen LogP contribution in [-0.4, -0.2) is 33.7 Å². The van der Waals surface area contributed by atoms with Gasteiger partial charge in [-0.05, 0) is 55.8 Å². The summed E-state index contributed by atoms with van der Waals surface area (Å²) in [4.78, 5) is 12.2. The first-order valence-electron chi connectivity index (χ1n) is 8.24. The van der Waals surface area contributed by atoms with E-state index in [1.54, 1.807) is 24.3 Å². The molecule has 2 aromatic carbocycles. The average molecular weight is 376 g/mol. The number of carbonyl (C=O) groups excluding carboxylic acids is 1. The Morgan fingerprint density at radius 2 is 1.65 bits per heavy atom. The summed E-state index contributed by atoms with van der Waals surface area (Å²) >= 11 is 0. The van der Waals surface area contributed by atoms with Gasteiger partial charge in [0.2, 0.25) is 10.0 Å². The fraction of sp³-hybridized carbons (Fsp3) is 0.316. The Morgan fingerprint density at radius 1 is 1.08 bits per heavy atom. The van der Waals surface area contributed by atoms with E-state index >= 15 is 0 Å². The van der Waals surface area contributed by atoms with Gasteiger partial charge in [0.1, 0.15) is 5.75 Å². The summed E-state index contributed by atoms with van der Waals surface area (Å²) in [5.74, 6) is 0.571. The Labute approximate surface area is 154 Å². The molecule has 0 heterocycles. The summed E-state index contributed by atoms with van der Waals surface area (Å²) in [5, 5.41) is 2.84. The molecule has 0 aliphatic heterocycles. The Hall–Kier alpha value is -2.54. The van der Waals surface area contributed by atoms with Crippen molar-refractivity contribution in [2.75, 3.05) is 17.6 Å². The van der Waals surface area contributed by atoms with Crippen molar-refractivity contribution in [3.05, 3.63) is 59.7 Å². The SMILES string of the molecule is CC(C)Oc1ccc(CNC(=O)c2ccc(N(C)S(C)(=O)=O)cc2)cc1. The average Bonchev–Trinajstić information content (AvgIpc) is 2.59. The van der Waals surface area contributed by atoms with Crippen LogP contribution in [0.1, 0.15) is 29.8 Å². The number of hydrogen-bond donors (Lipinski definition) is 1. The Morgan fingerprint density at radius 3 is 2.15 bits per heavy atom. The maximum Gasteiger partial charge on any atom is 0.251 e. The number of nitrogens with zero attached hydrogens (tertiary/aromatic N) is 1. The van der Waals surface area contributed by atoms with Gasteiger partial charge in [0.25, 0.3) is 5.91 Å². The van der Waals surface area contributed by atoms with Gasteiger partial charge in [0, 0.05) is 19.2 Å². The molecule has 0 radical (unpaired) electrons. The van der Waals surface area contributed by atoms with Gasteiger partial charge >= 0.3 is 0 Å². The molecule has 2 rings (SSSR count).